The zero-order valence-corrected chi connectivity index (χ0v) is 23.5. The van der Waals surface area contributed by atoms with Crippen molar-refractivity contribution in [2.75, 3.05) is 44.7 Å². The van der Waals surface area contributed by atoms with Gasteiger partial charge in [-0.2, -0.15) is 23.4 Å². The number of alkyl halides is 3. The maximum atomic E-state index is 14.0. The van der Waals surface area contributed by atoms with E-state index in [4.69, 9.17) is 11.3 Å². The number of ether oxygens (including phenoxy) is 1. The number of likely N-dealkylation sites (tertiary alicyclic amines) is 1. The lowest BCUT2D eigenvalue weighted by Gasteiger charge is -2.42. The Morgan fingerprint density at radius 3 is 2.57 bits per heavy atom. The Morgan fingerprint density at radius 1 is 1.17 bits per heavy atom. The summed E-state index contributed by atoms with van der Waals surface area (Å²) in [6.07, 6.45) is -1.35. The first-order valence-electron chi connectivity index (χ1n) is 13.9. The second-order valence-electron chi connectivity index (χ2n) is 10.7. The monoisotopic (exact) mass is 579 g/mol. The number of aromatic nitrogens is 3. The molecule has 2 aromatic heterocycles. The van der Waals surface area contributed by atoms with Crippen molar-refractivity contribution in [2.24, 2.45) is 0 Å². The number of nitrogens with zero attached hydrogens (tertiary/aromatic N) is 6. The van der Waals surface area contributed by atoms with Crippen molar-refractivity contribution in [3.05, 3.63) is 71.3 Å². The molecule has 0 bridgehead atoms. The first-order chi connectivity index (χ1) is 20.1. The second kappa shape index (κ2) is 11.9. The van der Waals surface area contributed by atoms with Gasteiger partial charge in [-0.15, -0.1) is 0 Å². The lowest BCUT2D eigenvalue weighted by molar-refractivity contribution is -0.137. The number of hydrogen-bond acceptors (Lipinski definition) is 7. The summed E-state index contributed by atoms with van der Waals surface area (Å²) >= 11 is 0. The van der Waals surface area contributed by atoms with E-state index in [2.05, 4.69) is 30.2 Å². The van der Waals surface area contributed by atoms with E-state index in [1.165, 1.54) is 6.07 Å². The second-order valence-corrected chi connectivity index (χ2v) is 10.7. The molecule has 0 spiro atoms. The summed E-state index contributed by atoms with van der Waals surface area (Å²) in [5, 5.41) is 12.2. The number of halogens is 3. The fourth-order valence-electron chi connectivity index (χ4n) is 5.73. The fraction of sp³-hybridized carbons (Fsp3) is 0.433. The molecule has 42 heavy (non-hydrogen) atoms. The SMILES string of the molecule is [C-]#[N+]c1cc(C(F)(F)F)ccc1N1CCC(C(=O)N[C@H]2CCN(C)C2)(c2ccc(-c3cccnc3OCC)nn2)CC1. The topological polar surface area (TPSA) is 87.8 Å². The van der Waals surface area contributed by atoms with Gasteiger partial charge in [0.1, 0.15) is 0 Å². The van der Waals surface area contributed by atoms with E-state index >= 15 is 0 Å². The van der Waals surface area contributed by atoms with Crippen molar-refractivity contribution in [3.8, 4) is 17.1 Å². The van der Waals surface area contributed by atoms with Crippen molar-refractivity contribution < 1.29 is 22.7 Å². The predicted octanol–water partition coefficient (Wildman–Crippen LogP) is 4.87. The molecule has 2 saturated heterocycles. The molecular weight excluding hydrogens is 547 g/mol. The highest BCUT2D eigenvalue weighted by atomic mass is 19.4. The molecule has 220 valence electrons. The molecular formula is C30H32F3N7O2. The highest BCUT2D eigenvalue weighted by Gasteiger charge is 2.46. The predicted molar refractivity (Wildman–Crippen MR) is 151 cm³/mol. The molecule has 5 rings (SSSR count). The molecule has 3 aromatic rings. The van der Waals surface area contributed by atoms with Gasteiger partial charge in [0.25, 0.3) is 0 Å². The maximum absolute atomic E-state index is 14.0. The number of pyridine rings is 1. The summed E-state index contributed by atoms with van der Waals surface area (Å²) < 4.78 is 45.4. The molecule has 2 aliphatic rings. The van der Waals surface area contributed by atoms with Crippen LogP contribution in [-0.4, -0.2) is 71.9 Å². The third-order valence-electron chi connectivity index (χ3n) is 8.03. The number of hydrogen-bond donors (Lipinski definition) is 1. The summed E-state index contributed by atoms with van der Waals surface area (Å²) in [7, 11) is 2.01. The summed E-state index contributed by atoms with van der Waals surface area (Å²) in [4.78, 5) is 25.7. The molecule has 1 aromatic carbocycles. The standard InChI is InChI=1S/C30H32F3N7O2/c1-4-42-27-22(6-5-14-35-27)23-8-10-26(38-37-23)29(28(41)36-21-11-15-39(3)19-21)12-16-40(17-13-29)25-9-7-20(30(31,32)33)18-24(25)34-2/h5-10,14,18,21H,4,11-13,15-17,19H2,1,3H3,(H,36,41)/t21-/m0/s1. The number of nitrogens with one attached hydrogen (secondary N) is 1. The Balaban J connectivity index is 1.44. The Bertz CT molecular complexity index is 1460. The van der Waals surface area contributed by atoms with Crippen LogP contribution in [0, 0.1) is 6.57 Å². The maximum Gasteiger partial charge on any atom is 0.415 e. The highest BCUT2D eigenvalue weighted by molar-refractivity contribution is 5.88. The van der Waals surface area contributed by atoms with Crippen molar-refractivity contribution in [3.63, 3.8) is 0 Å². The number of carbonyl (C=O) groups excluding carboxylic acids is 1. The minimum Gasteiger partial charge on any atom is -0.477 e. The molecule has 0 unspecified atom stereocenters. The summed E-state index contributed by atoms with van der Waals surface area (Å²) in [6.45, 7) is 12.2. The van der Waals surface area contributed by atoms with Crippen LogP contribution in [0.25, 0.3) is 16.1 Å². The molecule has 9 nitrogen and oxygen atoms in total. The van der Waals surface area contributed by atoms with Crippen LogP contribution >= 0.6 is 0 Å². The number of amides is 1. The minimum absolute atomic E-state index is 0.0115. The quantitative estimate of drug-likeness (QED) is 0.400. The number of carbonyl (C=O) groups is 1. The summed E-state index contributed by atoms with van der Waals surface area (Å²) in [5.41, 5.74) is 0.273. The third-order valence-corrected chi connectivity index (χ3v) is 8.03. The number of benzene rings is 1. The van der Waals surface area contributed by atoms with Gasteiger partial charge < -0.3 is 19.9 Å². The van der Waals surface area contributed by atoms with Gasteiger partial charge in [-0.3, -0.25) is 4.79 Å². The molecule has 1 atom stereocenters. The molecule has 4 heterocycles. The Hall–Kier alpha value is -4.24. The van der Waals surface area contributed by atoms with E-state index in [0.717, 1.165) is 31.6 Å². The molecule has 0 radical (unpaired) electrons. The van der Waals surface area contributed by atoms with Crippen LogP contribution in [0.1, 0.15) is 37.4 Å². The van der Waals surface area contributed by atoms with Gasteiger partial charge in [-0.1, -0.05) is 6.07 Å². The first-order valence-corrected chi connectivity index (χ1v) is 13.9. The third kappa shape index (κ3) is 5.87. The summed E-state index contributed by atoms with van der Waals surface area (Å²) in [6, 6.07) is 10.5. The first kappa shape index (κ1) is 29.3. The number of piperidine rings is 1. The van der Waals surface area contributed by atoms with Gasteiger partial charge in [-0.05, 0) is 76.2 Å². The molecule has 2 aliphatic heterocycles. The van der Waals surface area contributed by atoms with E-state index in [0.29, 0.717) is 61.1 Å². The van der Waals surface area contributed by atoms with Crippen LogP contribution in [0.5, 0.6) is 5.88 Å². The van der Waals surface area contributed by atoms with Crippen molar-refractivity contribution in [2.45, 2.75) is 43.8 Å². The van der Waals surface area contributed by atoms with E-state index < -0.39 is 17.2 Å². The summed E-state index contributed by atoms with van der Waals surface area (Å²) in [5.74, 6) is 0.305. The van der Waals surface area contributed by atoms with Crippen molar-refractivity contribution >= 4 is 17.3 Å². The van der Waals surface area contributed by atoms with Gasteiger partial charge >= 0.3 is 6.18 Å². The fourth-order valence-corrected chi connectivity index (χ4v) is 5.73. The van der Waals surface area contributed by atoms with Gasteiger partial charge in [0.05, 0.1) is 35.5 Å². The van der Waals surface area contributed by atoms with Crippen LogP contribution in [0.4, 0.5) is 24.5 Å². The average molecular weight is 580 g/mol. The zero-order chi connectivity index (χ0) is 29.9. The Labute approximate surface area is 242 Å². The van der Waals surface area contributed by atoms with Gasteiger partial charge in [-0.25, -0.2) is 9.83 Å². The zero-order valence-electron chi connectivity index (χ0n) is 23.5. The molecule has 2 fully saturated rings. The lowest BCUT2D eigenvalue weighted by atomic mass is 9.74. The van der Waals surface area contributed by atoms with E-state index in [1.807, 2.05) is 31.0 Å². The molecule has 12 heteroatoms. The highest BCUT2D eigenvalue weighted by Crippen LogP contribution is 2.41. The smallest absolute Gasteiger partial charge is 0.415 e. The average Bonchev–Trinajstić information content (AvgIpc) is 3.41. The molecule has 0 saturated carbocycles. The molecule has 0 aliphatic carbocycles. The number of anilines is 1. The number of likely N-dealkylation sites (N-methyl/N-ethyl adjacent to an activating group) is 1. The normalized spacial score (nSPS) is 18.9. The van der Waals surface area contributed by atoms with Gasteiger partial charge in [0.15, 0.2) is 0 Å². The Kier molecular flexibility index (Phi) is 8.31. The molecule has 1 N–H and O–H groups in total. The van der Waals surface area contributed by atoms with E-state index in [-0.39, 0.29) is 17.6 Å². The van der Waals surface area contributed by atoms with Crippen LogP contribution in [-0.2, 0) is 16.4 Å². The van der Waals surface area contributed by atoms with E-state index in [9.17, 15) is 18.0 Å². The van der Waals surface area contributed by atoms with Crippen LogP contribution in [0.3, 0.4) is 0 Å². The van der Waals surface area contributed by atoms with Crippen LogP contribution in [0.15, 0.2) is 48.7 Å². The minimum atomic E-state index is -4.54. The van der Waals surface area contributed by atoms with Crippen LogP contribution in [0.2, 0.25) is 0 Å². The van der Waals surface area contributed by atoms with Gasteiger partial charge in [0.2, 0.25) is 17.5 Å². The number of rotatable bonds is 7. The largest absolute Gasteiger partial charge is 0.477 e. The Morgan fingerprint density at radius 2 is 1.95 bits per heavy atom. The van der Waals surface area contributed by atoms with E-state index in [1.54, 1.807) is 18.3 Å². The lowest BCUT2D eigenvalue weighted by Crippen LogP contribution is -2.54. The van der Waals surface area contributed by atoms with Crippen LogP contribution < -0.4 is 15.0 Å². The van der Waals surface area contributed by atoms with Crippen molar-refractivity contribution in [1.82, 2.24) is 25.4 Å². The van der Waals surface area contributed by atoms with Gasteiger partial charge in [0, 0.05) is 43.1 Å². The van der Waals surface area contributed by atoms with Crippen molar-refractivity contribution in [1.29, 1.82) is 0 Å². The molecule has 1 amide bonds.